The number of nitrogen functional groups attached to an aromatic ring is 2. The zero-order chi connectivity index (χ0) is 23.2. The number of halogens is 3. The quantitative estimate of drug-likeness (QED) is 0.345. The third-order valence-electron chi connectivity index (χ3n) is 4.55. The first kappa shape index (κ1) is 21.5. The first-order chi connectivity index (χ1) is 15.2. The molecule has 0 aliphatic rings. The van der Waals surface area contributed by atoms with E-state index in [2.05, 4.69) is 30.5 Å². The van der Waals surface area contributed by atoms with Gasteiger partial charge in [0.05, 0.1) is 28.3 Å². The Kier molecular flexibility index (Phi) is 5.40. The van der Waals surface area contributed by atoms with Crippen LogP contribution in [0.5, 0.6) is 0 Å². The lowest BCUT2D eigenvalue weighted by atomic mass is 10.2. The van der Waals surface area contributed by atoms with E-state index >= 15 is 0 Å². The van der Waals surface area contributed by atoms with E-state index in [-0.39, 0.29) is 44.2 Å². The molecule has 164 valence electrons. The summed E-state index contributed by atoms with van der Waals surface area (Å²) in [6.07, 6.45) is 2.80. The molecule has 0 bridgehead atoms. The molecule has 0 radical (unpaired) electrons. The maximum Gasteiger partial charge on any atom is 0.274 e. The van der Waals surface area contributed by atoms with Crippen LogP contribution in [0.3, 0.4) is 0 Å². The van der Waals surface area contributed by atoms with E-state index in [1.807, 2.05) is 0 Å². The molecular formula is C18H14Cl2FN9O2. The number of fused-ring (bicyclic) bond motifs is 1. The normalized spacial score (nSPS) is 12.1. The lowest BCUT2D eigenvalue weighted by Crippen LogP contribution is -2.34. The molecular weight excluding hydrogens is 464 g/mol. The predicted molar refractivity (Wildman–Crippen MR) is 116 cm³/mol. The number of aromatic nitrogens is 6. The molecule has 0 saturated carbocycles. The van der Waals surface area contributed by atoms with E-state index < -0.39 is 23.3 Å². The summed E-state index contributed by atoms with van der Waals surface area (Å²) in [6, 6.07) is 1.43. The summed E-state index contributed by atoms with van der Waals surface area (Å²) in [5, 5.41) is 8.73. The first-order valence-corrected chi connectivity index (χ1v) is 9.73. The predicted octanol–water partition coefficient (Wildman–Crippen LogP) is 2.00. The van der Waals surface area contributed by atoms with E-state index in [0.717, 1.165) is 10.6 Å². The molecule has 1 amide bonds. The van der Waals surface area contributed by atoms with Crippen LogP contribution in [0.2, 0.25) is 10.2 Å². The molecule has 0 fully saturated rings. The van der Waals surface area contributed by atoms with E-state index in [1.165, 1.54) is 25.4 Å². The van der Waals surface area contributed by atoms with Gasteiger partial charge in [-0.05, 0) is 19.1 Å². The number of rotatable bonds is 4. The smallest absolute Gasteiger partial charge is 0.274 e. The summed E-state index contributed by atoms with van der Waals surface area (Å²) in [7, 11) is 0. The maximum atomic E-state index is 14.5. The first-order valence-electron chi connectivity index (χ1n) is 8.98. The van der Waals surface area contributed by atoms with Gasteiger partial charge in [0.25, 0.3) is 11.5 Å². The molecule has 1 atom stereocenters. The van der Waals surface area contributed by atoms with Gasteiger partial charge in [0.15, 0.2) is 22.5 Å². The summed E-state index contributed by atoms with van der Waals surface area (Å²) in [5.41, 5.74) is 10.4. The number of nitrogens with two attached hydrogens (primary N) is 2. The minimum atomic E-state index is -0.926. The van der Waals surface area contributed by atoms with Gasteiger partial charge < -0.3 is 16.8 Å². The molecule has 0 aliphatic heterocycles. The number of carbonyl (C=O) groups excluding carboxylic acids is 1. The zero-order valence-electron chi connectivity index (χ0n) is 16.2. The summed E-state index contributed by atoms with van der Waals surface area (Å²) in [4.78, 5) is 37.9. The van der Waals surface area contributed by atoms with Crippen molar-refractivity contribution >= 4 is 51.6 Å². The molecule has 0 spiro atoms. The standard InChI is InChI=1S/C18H14Cl2FN9O2/c1-6(26-17(31)12-14(22)29-15(23)13(20)27-12)16-28-11-9(21)3-2-8(19)10(11)18(32)30(16)7-4-24-25-5-7/h2-6H,1H3,(H,24,25)(H,26,31)(H4,22,23,29). The highest BCUT2D eigenvalue weighted by Gasteiger charge is 2.24. The molecule has 1 unspecified atom stereocenters. The number of H-pyrrole nitrogens is 1. The molecule has 4 rings (SSSR count). The van der Waals surface area contributed by atoms with Gasteiger partial charge in [-0.3, -0.25) is 19.3 Å². The van der Waals surface area contributed by atoms with Crippen molar-refractivity contribution in [3.63, 3.8) is 0 Å². The monoisotopic (exact) mass is 477 g/mol. The van der Waals surface area contributed by atoms with E-state index in [0.29, 0.717) is 5.69 Å². The maximum absolute atomic E-state index is 14.5. The Hall–Kier alpha value is -3.77. The van der Waals surface area contributed by atoms with Crippen LogP contribution in [0.25, 0.3) is 16.6 Å². The van der Waals surface area contributed by atoms with E-state index in [1.54, 1.807) is 0 Å². The third-order valence-corrected chi connectivity index (χ3v) is 5.14. The number of benzene rings is 1. The van der Waals surface area contributed by atoms with Crippen LogP contribution in [0.1, 0.15) is 29.3 Å². The molecule has 11 nitrogen and oxygen atoms in total. The van der Waals surface area contributed by atoms with Crippen molar-refractivity contribution in [3.8, 4) is 5.69 Å². The van der Waals surface area contributed by atoms with Gasteiger partial charge >= 0.3 is 0 Å². The Balaban J connectivity index is 1.85. The van der Waals surface area contributed by atoms with Gasteiger partial charge in [0.2, 0.25) is 0 Å². The second-order valence-electron chi connectivity index (χ2n) is 6.65. The Bertz CT molecular complexity index is 1420. The molecule has 4 aromatic rings. The van der Waals surface area contributed by atoms with Crippen molar-refractivity contribution in [1.82, 2.24) is 35.0 Å². The molecule has 14 heteroatoms. The van der Waals surface area contributed by atoms with Gasteiger partial charge in [0, 0.05) is 6.20 Å². The Morgan fingerprint density at radius 1 is 1.22 bits per heavy atom. The lowest BCUT2D eigenvalue weighted by Gasteiger charge is -2.19. The van der Waals surface area contributed by atoms with Crippen LogP contribution in [0.15, 0.2) is 29.3 Å². The van der Waals surface area contributed by atoms with Crippen LogP contribution < -0.4 is 22.3 Å². The molecule has 3 aromatic heterocycles. The molecule has 6 N–H and O–H groups in total. The summed E-state index contributed by atoms with van der Waals surface area (Å²) >= 11 is 12.0. The van der Waals surface area contributed by atoms with Gasteiger partial charge in [-0.2, -0.15) is 5.10 Å². The molecule has 3 heterocycles. The topological polar surface area (TPSA) is 170 Å². The summed E-state index contributed by atoms with van der Waals surface area (Å²) in [5.74, 6) is -1.88. The van der Waals surface area contributed by atoms with Crippen molar-refractivity contribution in [2.75, 3.05) is 11.5 Å². The Labute approximate surface area is 188 Å². The number of anilines is 2. The number of aromatic amines is 1. The molecule has 32 heavy (non-hydrogen) atoms. The molecule has 1 aromatic carbocycles. The van der Waals surface area contributed by atoms with Crippen LogP contribution in [-0.4, -0.2) is 35.6 Å². The minimum Gasteiger partial charge on any atom is -0.382 e. The van der Waals surface area contributed by atoms with Crippen molar-refractivity contribution < 1.29 is 9.18 Å². The number of nitrogens with zero attached hydrogens (tertiary/aromatic N) is 5. The average Bonchev–Trinajstić information content (AvgIpc) is 3.27. The SMILES string of the molecule is CC(NC(=O)c1nc(Cl)c(N)nc1N)c1nc2c(F)ccc(Cl)c2c(=O)n1-c1cn[nH]c1. The van der Waals surface area contributed by atoms with Gasteiger partial charge in [-0.15, -0.1) is 0 Å². The number of nitrogens with one attached hydrogen (secondary N) is 2. The molecule has 0 saturated heterocycles. The molecule has 0 aliphatic carbocycles. The van der Waals surface area contributed by atoms with Crippen LogP contribution in [-0.2, 0) is 0 Å². The van der Waals surface area contributed by atoms with Gasteiger partial charge in [0.1, 0.15) is 17.2 Å². The van der Waals surface area contributed by atoms with Crippen molar-refractivity contribution in [1.29, 1.82) is 0 Å². The average molecular weight is 478 g/mol. The fourth-order valence-corrected chi connectivity index (χ4v) is 3.44. The summed E-state index contributed by atoms with van der Waals surface area (Å²) in [6.45, 7) is 1.53. The Morgan fingerprint density at radius 3 is 2.66 bits per heavy atom. The third kappa shape index (κ3) is 3.59. The second-order valence-corrected chi connectivity index (χ2v) is 7.41. The van der Waals surface area contributed by atoms with Gasteiger partial charge in [-0.1, -0.05) is 23.2 Å². The van der Waals surface area contributed by atoms with Crippen molar-refractivity contribution in [2.24, 2.45) is 0 Å². The van der Waals surface area contributed by atoms with E-state index in [9.17, 15) is 14.0 Å². The van der Waals surface area contributed by atoms with Crippen LogP contribution >= 0.6 is 23.2 Å². The lowest BCUT2D eigenvalue weighted by molar-refractivity contribution is 0.0933. The van der Waals surface area contributed by atoms with Crippen molar-refractivity contribution in [3.05, 3.63) is 62.4 Å². The zero-order valence-corrected chi connectivity index (χ0v) is 17.7. The summed E-state index contributed by atoms with van der Waals surface area (Å²) < 4.78 is 15.6. The fraction of sp³-hybridized carbons (Fsp3) is 0.111. The van der Waals surface area contributed by atoms with Crippen molar-refractivity contribution in [2.45, 2.75) is 13.0 Å². The highest BCUT2D eigenvalue weighted by molar-refractivity contribution is 6.35. The number of hydrogen-bond donors (Lipinski definition) is 4. The largest absolute Gasteiger partial charge is 0.382 e. The second kappa shape index (κ2) is 8.05. The minimum absolute atomic E-state index is 0.00601. The van der Waals surface area contributed by atoms with Crippen LogP contribution in [0.4, 0.5) is 16.0 Å². The van der Waals surface area contributed by atoms with E-state index in [4.69, 9.17) is 34.7 Å². The van der Waals surface area contributed by atoms with Crippen LogP contribution in [0, 0.1) is 5.82 Å². The Morgan fingerprint density at radius 2 is 1.97 bits per heavy atom. The number of carbonyl (C=O) groups is 1. The number of hydrogen-bond acceptors (Lipinski definition) is 8. The fourth-order valence-electron chi connectivity index (χ4n) is 3.08. The highest BCUT2D eigenvalue weighted by atomic mass is 35.5. The number of amides is 1. The highest BCUT2D eigenvalue weighted by Crippen LogP contribution is 2.25. The van der Waals surface area contributed by atoms with Gasteiger partial charge in [-0.25, -0.2) is 19.3 Å².